The highest BCUT2D eigenvalue weighted by atomic mass is 16.4. The highest BCUT2D eigenvalue weighted by Gasteiger charge is 2.26. The molecule has 0 unspecified atom stereocenters. The van der Waals surface area contributed by atoms with E-state index in [1.165, 1.54) is 6.20 Å². The fourth-order valence-electron chi connectivity index (χ4n) is 2.52. The van der Waals surface area contributed by atoms with E-state index in [4.69, 9.17) is 5.11 Å². The third-order valence-corrected chi connectivity index (χ3v) is 3.65. The number of carbonyl (C=O) groups excluding carboxylic acids is 1. The molecule has 0 bridgehead atoms. The zero-order valence-corrected chi connectivity index (χ0v) is 11.4. The average molecular weight is 285 g/mol. The van der Waals surface area contributed by atoms with Crippen molar-refractivity contribution < 1.29 is 14.7 Å². The lowest BCUT2D eigenvalue weighted by molar-refractivity contribution is -0.132. The molecule has 1 aromatic carbocycles. The number of benzene rings is 1. The quantitative estimate of drug-likeness (QED) is 0.918. The van der Waals surface area contributed by atoms with Crippen molar-refractivity contribution in [2.24, 2.45) is 0 Å². The number of aromatic carboxylic acids is 1. The first-order chi connectivity index (χ1) is 10.1. The number of carbonyl (C=O) groups is 2. The molecule has 3 rings (SSSR count). The van der Waals surface area contributed by atoms with Crippen molar-refractivity contribution in [2.45, 2.75) is 19.5 Å². The number of amides is 1. The van der Waals surface area contributed by atoms with Gasteiger partial charge in [-0.15, -0.1) is 0 Å². The van der Waals surface area contributed by atoms with Gasteiger partial charge in [-0.1, -0.05) is 30.3 Å². The van der Waals surface area contributed by atoms with Gasteiger partial charge in [-0.25, -0.2) is 4.79 Å². The molecule has 21 heavy (non-hydrogen) atoms. The Labute approximate surface area is 121 Å². The summed E-state index contributed by atoms with van der Waals surface area (Å²) in [6, 6.07) is 9.53. The minimum absolute atomic E-state index is 0.00462. The van der Waals surface area contributed by atoms with Crippen LogP contribution in [0.4, 0.5) is 0 Å². The number of carboxylic acid groups (broad SMARTS) is 1. The average Bonchev–Trinajstić information content (AvgIpc) is 2.91. The third kappa shape index (κ3) is 2.65. The van der Waals surface area contributed by atoms with Gasteiger partial charge in [-0.3, -0.25) is 9.48 Å². The van der Waals surface area contributed by atoms with Crippen LogP contribution in [-0.2, 0) is 24.3 Å². The molecule has 6 heteroatoms. The van der Waals surface area contributed by atoms with Gasteiger partial charge in [0, 0.05) is 6.54 Å². The fraction of sp³-hybridized carbons (Fsp3) is 0.267. The van der Waals surface area contributed by atoms with Crippen LogP contribution in [0.1, 0.15) is 21.6 Å². The van der Waals surface area contributed by atoms with Gasteiger partial charge in [0.15, 0.2) is 0 Å². The first-order valence-electron chi connectivity index (χ1n) is 6.75. The van der Waals surface area contributed by atoms with Gasteiger partial charge in [0.1, 0.15) is 5.56 Å². The van der Waals surface area contributed by atoms with Gasteiger partial charge in [0.2, 0.25) is 5.91 Å². The maximum absolute atomic E-state index is 12.3. The van der Waals surface area contributed by atoms with E-state index in [1.807, 2.05) is 30.3 Å². The molecule has 0 saturated heterocycles. The first kappa shape index (κ1) is 13.4. The summed E-state index contributed by atoms with van der Waals surface area (Å²) < 4.78 is 1.66. The largest absolute Gasteiger partial charge is 0.478 e. The van der Waals surface area contributed by atoms with Crippen molar-refractivity contribution in [1.29, 1.82) is 0 Å². The second-order valence-corrected chi connectivity index (χ2v) is 5.01. The van der Waals surface area contributed by atoms with Crippen molar-refractivity contribution in [2.75, 3.05) is 6.54 Å². The number of rotatable bonds is 3. The van der Waals surface area contributed by atoms with E-state index in [0.29, 0.717) is 31.7 Å². The van der Waals surface area contributed by atoms with Gasteiger partial charge < -0.3 is 10.0 Å². The zero-order chi connectivity index (χ0) is 14.8. The molecule has 1 amide bonds. The molecule has 0 fully saturated rings. The molecule has 0 spiro atoms. The lowest BCUT2D eigenvalue weighted by Crippen LogP contribution is -2.39. The lowest BCUT2D eigenvalue weighted by atomic mass is 10.1. The van der Waals surface area contributed by atoms with Gasteiger partial charge in [0.05, 0.1) is 31.4 Å². The van der Waals surface area contributed by atoms with Crippen LogP contribution in [0.15, 0.2) is 36.5 Å². The van der Waals surface area contributed by atoms with E-state index in [9.17, 15) is 9.59 Å². The molecule has 0 saturated carbocycles. The van der Waals surface area contributed by atoms with Crippen molar-refractivity contribution >= 4 is 11.9 Å². The summed E-state index contributed by atoms with van der Waals surface area (Å²) in [6.07, 6.45) is 1.68. The highest BCUT2D eigenvalue weighted by molar-refractivity contribution is 5.89. The van der Waals surface area contributed by atoms with Gasteiger partial charge in [-0.05, 0) is 5.56 Å². The standard InChI is InChI=1S/C15H15N3O3/c19-14(8-11-4-2-1-3-5-11)17-6-7-18-13(10-17)12(9-16-18)15(20)21/h1-5,9H,6-8,10H2,(H,20,21). The van der Waals surface area contributed by atoms with Crippen LogP contribution >= 0.6 is 0 Å². The van der Waals surface area contributed by atoms with Gasteiger partial charge in [0.25, 0.3) is 0 Å². The van der Waals surface area contributed by atoms with E-state index in [0.717, 1.165) is 5.56 Å². The van der Waals surface area contributed by atoms with Crippen LogP contribution in [0, 0.1) is 0 Å². The van der Waals surface area contributed by atoms with Crippen LogP contribution < -0.4 is 0 Å². The van der Waals surface area contributed by atoms with Crippen molar-refractivity contribution in [1.82, 2.24) is 14.7 Å². The van der Waals surface area contributed by atoms with Crippen LogP contribution in [0.25, 0.3) is 0 Å². The zero-order valence-electron chi connectivity index (χ0n) is 11.4. The number of hydrogen-bond donors (Lipinski definition) is 1. The minimum Gasteiger partial charge on any atom is -0.478 e. The van der Waals surface area contributed by atoms with E-state index < -0.39 is 5.97 Å². The topological polar surface area (TPSA) is 75.4 Å². The van der Waals surface area contributed by atoms with Crippen molar-refractivity contribution in [3.63, 3.8) is 0 Å². The first-order valence-corrected chi connectivity index (χ1v) is 6.75. The predicted octanol–water partition coefficient (Wildman–Crippen LogP) is 1.17. The maximum Gasteiger partial charge on any atom is 0.339 e. The number of aromatic nitrogens is 2. The SMILES string of the molecule is O=C(O)c1cnn2c1CN(C(=O)Cc1ccccc1)CC2. The Morgan fingerprint density at radius 3 is 2.67 bits per heavy atom. The highest BCUT2D eigenvalue weighted by Crippen LogP contribution is 2.17. The third-order valence-electron chi connectivity index (χ3n) is 3.65. The molecule has 1 aliphatic heterocycles. The van der Waals surface area contributed by atoms with Gasteiger partial charge in [-0.2, -0.15) is 5.10 Å². The molecular formula is C15H15N3O3. The minimum atomic E-state index is -1.01. The van der Waals surface area contributed by atoms with Crippen LogP contribution in [-0.4, -0.2) is 38.2 Å². The Morgan fingerprint density at radius 1 is 1.19 bits per heavy atom. The molecule has 1 aliphatic rings. The summed E-state index contributed by atoms with van der Waals surface area (Å²) in [7, 11) is 0. The number of carboxylic acids is 1. The van der Waals surface area contributed by atoms with Crippen LogP contribution in [0.5, 0.6) is 0 Å². The smallest absolute Gasteiger partial charge is 0.339 e. The maximum atomic E-state index is 12.3. The molecule has 2 heterocycles. The molecule has 1 N–H and O–H groups in total. The summed E-state index contributed by atoms with van der Waals surface area (Å²) in [5.74, 6) is -1.00. The van der Waals surface area contributed by atoms with Crippen molar-refractivity contribution in [3.05, 3.63) is 53.3 Å². The Morgan fingerprint density at radius 2 is 1.95 bits per heavy atom. The molecule has 0 aliphatic carbocycles. The van der Waals surface area contributed by atoms with E-state index in [-0.39, 0.29) is 11.5 Å². The monoisotopic (exact) mass is 285 g/mol. The van der Waals surface area contributed by atoms with Crippen LogP contribution in [0.2, 0.25) is 0 Å². The van der Waals surface area contributed by atoms with E-state index in [1.54, 1.807) is 9.58 Å². The molecule has 2 aromatic rings. The van der Waals surface area contributed by atoms with Gasteiger partial charge >= 0.3 is 5.97 Å². The second-order valence-electron chi connectivity index (χ2n) is 5.01. The number of fused-ring (bicyclic) bond motifs is 1. The number of nitrogens with zero attached hydrogens (tertiary/aromatic N) is 3. The normalized spacial score (nSPS) is 13.8. The lowest BCUT2D eigenvalue weighted by Gasteiger charge is -2.28. The molecule has 6 nitrogen and oxygen atoms in total. The Kier molecular flexibility index (Phi) is 3.43. The molecular weight excluding hydrogens is 270 g/mol. The molecule has 108 valence electrons. The second kappa shape index (κ2) is 5.40. The summed E-state index contributed by atoms with van der Waals surface area (Å²) in [6.45, 7) is 1.38. The fourth-order valence-corrected chi connectivity index (χ4v) is 2.52. The molecule has 0 radical (unpaired) electrons. The Bertz CT molecular complexity index is 679. The molecule has 1 aromatic heterocycles. The Hall–Kier alpha value is -2.63. The van der Waals surface area contributed by atoms with Crippen molar-refractivity contribution in [3.8, 4) is 0 Å². The van der Waals surface area contributed by atoms with E-state index >= 15 is 0 Å². The summed E-state index contributed by atoms with van der Waals surface area (Å²) in [5, 5.41) is 13.2. The summed E-state index contributed by atoms with van der Waals surface area (Å²) in [4.78, 5) is 25.2. The summed E-state index contributed by atoms with van der Waals surface area (Å²) >= 11 is 0. The summed E-state index contributed by atoms with van der Waals surface area (Å²) in [5.41, 5.74) is 1.72. The van der Waals surface area contributed by atoms with E-state index in [2.05, 4.69) is 5.10 Å². The van der Waals surface area contributed by atoms with Crippen LogP contribution in [0.3, 0.4) is 0 Å². The molecule has 0 atom stereocenters. The predicted molar refractivity (Wildman–Crippen MR) is 74.7 cm³/mol. The Balaban J connectivity index is 1.75. The number of hydrogen-bond acceptors (Lipinski definition) is 3.